The monoisotopic (exact) mass is 376 g/mol. The van der Waals surface area contributed by atoms with Gasteiger partial charge in [-0.2, -0.15) is 0 Å². The summed E-state index contributed by atoms with van der Waals surface area (Å²) in [5.41, 5.74) is -1.45. The van der Waals surface area contributed by atoms with E-state index in [0.29, 0.717) is 11.3 Å². The molecule has 2 fully saturated rings. The Morgan fingerprint density at radius 3 is 2.52 bits per heavy atom. The highest BCUT2D eigenvalue weighted by Gasteiger charge is 2.75. The lowest BCUT2D eigenvalue weighted by atomic mass is 9.76. The summed E-state index contributed by atoms with van der Waals surface area (Å²) in [4.78, 5) is 40.7. The minimum absolute atomic E-state index is 0.350. The van der Waals surface area contributed by atoms with E-state index < -0.39 is 58.6 Å². The molecule has 3 heterocycles. The van der Waals surface area contributed by atoms with Gasteiger partial charge in [0.25, 0.3) is 5.91 Å². The number of benzene rings is 1. The van der Waals surface area contributed by atoms with Crippen molar-refractivity contribution in [2.45, 2.75) is 50.9 Å². The Morgan fingerprint density at radius 1 is 1.26 bits per heavy atom. The van der Waals surface area contributed by atoms with Crippen LogP contribution in [0.5, 0.6) is 0 Å². The molecule has 0 bridgehead atoms. The second-order valence-electron chi connectivity index (χ2n) is 8.68. The Hall–Kier alpha value is -2.32. The normalized spacial score (nSPS) is 33.5. The summed E-state index contributed by atoms with van der Waals surface area (Å²) in [5, 5.41) is 14.6. The Bertz CT molecular complexity index is 878. The van der Waals surface area contributed by atoms with Crippen molar-refractivity contribution in [2.75, 3.05) is 5.32 Å². The van der Waals surface area contributed by atoms with Crippen molar-refractivity contribution in [2.24, 2.45) is 11.8 Å². The molecule has 0 aliphatic carbocycles. The standard InChI is InChI=1S/C19H22FN3O4/c1-8(24)14-12-13(16(26)23(15(12)25)18(2,3)4)19(22-14)10-7-9(20)5-6-11(10)21-17(19)27/h5-8,12-14,22,24H,1-4H3,(H,21,27)/p+1/t8-,12-,13-,14-,19-/m0/s1. The molecule has 0 radical (unpaired) electrons. The van der Waals surface area contributed by atoms with Crippen LogP contribution in [-0.2, 0) is 19.9 Å². The van der Waals surface area contributed by atoms with Gasteiger partial charge in [-0.15, -0.1) is 0 Å². The maximum absolute atomic E-state index is 14.0. The van der Waals surface area contributed by atoms with Gasteiger partial charge < -0.3 is 15.7 Å². The number of likely N-dealkylation sites (tertiary alicyclic amines) is 1. The number of carbonyl (C=O) groups is 3. The van der Waals surface area contributed by atoms with Crippen LogP contribution in [0, 0.1) is 17.7 Å². The van der Waals surface area contributed by atoms with Crippen LogP contribution in [0.25, 0.3) is 0 Å². The van der Waals surface area contributed by atoms with E-state index in [-0.39, 0.29) is 0 Å². The Labute approximate surface area is 155 Å². The predicted molar refractivity (Wildman–Crippen MR) is 92.7 cm³/mol. The first-order valence-corrected chi connectivity index (χ1v) is 9.03. The molecule has 1 aromatic rings. The van der Waals surface area contributed by atoms with Gasteiger partial charge in [-0.25, -0.2) is 4.39 Å². The molecule has 2 saturated heterocycles. The Kier molecular flexibility index (Phi) is 3.58. The number of carbonyl (C=O) groups excluding carboxylic acids is 3. The van der Waals surface area contributed by atoms with Crippen molar-refractivity contribution in [1.82, 2.24) is 4.90 Å². The number of anilines is 1. The number of aliphatic hydroxyl groups excluding tert-OH is 1. The van der Waals surface area contributed by atoms with E-state index >= 15 is 0 Å². The van der Waals surface area contributed by atoms with Crippen molar-refractivity contribution in [3.8, 4) is 0 Å². The molecule has 8 heteroatoms. The van der Waals surface area contributed by atoms with E-state index in [0.717, 1.165) is 0 Å². The summed E-state index contributed by atoms with van der Waals surface area (Å²) in [7, 11) is 0. The fourth-order valence-electron chi connectivity index (χ4n) is 4.96. The number of nitrogens with two attached hydrogens (primary N) is 1. The maximum Gasteiger partial charge on any atom is 0.291 e. The second-order valence-corrected chi connectivity index (χ2v) is 8.68. The Morgan fingerprint density at radius 2 is 1.93 bits per heavy atom. The first kappa shape index (κ1) is 18.1. The third kappa shape index (κ3) is 2.17. The molecule has 3 amide bonds. The zero-order valence-electron chi connectivity index (χ0n) is 15.6. The lowest BCUT2D eigenvalue weighted by molar-refractivity contribution is -0.738. The fraction of sp³-hybridized carbons (Fsp3) is 0.526. The van der Waals surface area contributed by atoms with Gasteiger partial charge in [-0.05, 0) is 45.9 Å². The zero-order valence-corrected chi connectivity index (χ0v) is 15.6. The SMILES string of the molecule is C[C@H](O)[C@@H]1[NH2+][C@]2(C(=O)Nc3ccc(F)cc32)[C@@H]2C(=O)N(C(C)(C)C)C(=O)[C@H]12. The van der Waals surface area contributed by atoms with Gasteiger partial charge in [0.2, 0.25) is 17.4 Å². The van der Waals surface area contributed by atoms with E-state index in [1.807, 2.05) is 0 Å². The van der Waals surface area contributed by atoms with Gasteiger partial charge in [0.1, 0.15) is 29.8 Å². The number of aliphatic hydroxyl groups is 1. The quantitative estimate of drug-likeness (QED) is 0.586. The smallest absolute Gasteiger partial charge is 0.291 e. The zero-order chi connectivity index (χ0) is 19.9. The van der Waals surface area contributed by atoms with Crippen molar-refractivity contribution in [1.29, 1.82) is 0 Å². The first-order chi connectivity index (χ1) is 12.5. The van der Waals surface area contributed by atoms with Crippen LogP contribution in [0.3, 0.4) is 0 Å². The van der Waals surface area contributed by atoms with Gasteiger partial charge in [-0.3, -0.25) is 19.3 Å². The van der Waals surface area contributed by atoms with Crippen LogP contribution in [0.1, 0.15) is 33.3 Å². The maximum atomic E-state index is 14.0. The van der Waals surface area contributed by atoms with Gasteiger partial charge in [0.05, 0.1) is 5.69 Å². The predicted octanol–water partition coefficient (Wildman–Crippen LogP) is -0.301. The van der Waals surface area contributed by atoms with E-state index in [1.54, 1.807) is 26.1 Å². The number of amides is 3. The minimum Gasteiger partial charge on any atom is -0.387 e. The van der Waals surface area contributed by atoms with E-state index in [4.69, 9.17) is 0 Å². The molecule has 0 aromatic heterocycles. The topological polar surface area (TPSA) is 103 Å². The third-order valence-electron chi connectivity index (χ3n) is 5.99. The number of quaternary nitrogens is 1. The van der Waals surface area contributed by atoms with Gasteiger partial charge in [-0.1, -0.05) is 0 Å². The van der Waals surface area contributed by atoms with Crippen molar-refractivity contribution in [3.63, 3.8) is 0 Å². The molecule has 5 atom stereocenters. The molecule has 4 N–H and O–H groups in total. The van der Waals surface area contributed by atoms with E-state index in [1.165, 1.54) is 30.0 Å². The van der Waals surface area contributed by atoms with E-state index in [2.05, 4.69) is 5.32 Å². The average Bonchev–Trinajstić information content (AvgIpc) is 3.13. The lowest BCUT2D eigenvalue weighted by Gasteiger charge is -2.33. The van der Waals surface area contributed by atoms with Crippen molar-refractivity contribution in [3.05, 3.63) is 29.6 Å². The summed E-state index contributed by atoms with van der Waals surface area (Å²) >= 11 is 0. The lowest BCUT2D eigenvalue weighted by Crippen LogP contribution is -3.00. The van der Waals surface area contributed by atoms with Gasteiger partial charge >= 0.3 is 0 Å². The molecule has 3 aliphatic heterocycles. The highest BCUT2D eigenvalue weighted by Crippen LogP contribution is 2.50. The Balaban J connectivity index is 1.95. The fourth-order valence-corrected chi connectivity index (χ4v) is 4.96. The third-order valence-corrected chi connectivity index (χ3v) is 5.99. The number of hydrogen-bond donors (Lipinski definition) is 3. The molecular weight excluding hydrogens is 353 g/mol. The minimum atomic E-state index is -1.46. The van der Waals surface area contributed by atoms with Crippen LogP contribution in [0.15, 0.2) is 18.2 Å². The van der Waals surface area contributed by atoms with Crippen LogP contribution in [0.2, 0.25) is 0 Å². The summed E-state index contributed by atoms with van der Waals surface area (Å²) in [6.07, 6.45) is -0.932. The van der Waals surface area contributed by atoms with Crippen LogP contribution < -0.4 is 10.6 Å². The molecule has 1 spiro atoms. The number of halogens is 1. The number of fused-ring (bicyclic) bond motifs is 4. The molecule has 27 heavy (non-hydrogen) atoms. The van der Waals surface area contributed by atoms with Crippen molar-refractivity contribution >= 4 is 23.4 Å². The summed E-state index contributed by atoms with van der Waals surface area (Å²) < 4.78 is 14.0. The number of imide groups is 1. The summed E-state index contributed by atoms with van der Waals surface area (Å²) in [6.45, 7) is 6.79. The highest BCUT2D eigenvalue weighted by atomic mass is 19.1. The molecule has 3 aliphatic rings. The summed E-state index contributed by atoms with van der Waals surface area (Å²) in [6, 6.07) is 3.25. The van der Waals surface area contributed by atoms with Crippen LogP contribution in [-0.4, -0.2) is 45.4 Å². The van der Waals surface area contributed by atoms with E-state index in [9.17, 15) is 23.9 Å². The average molecular weight is 376 g/mol. The van der Waals surface area contributed by atoms with Gasteiger partial charge in [0.15, 0.2) is 0 Å². The van der Waals surface area contributed by atoms with Crippen LogP contribution in [0.4, 0.5) is 10.1 Å². The number of nitrogens with zero attached hydrogens (tertiary/aromatic N) is 1. The van der Waals surface area contributed by atoms with Crippen molar-refractivity contribution < 1.29 is 29.2 Å². The molecule has 0 saturated carbocycles. The number of rotatable bonds is 1. The molecule has 1 aromatic carbocycles. The molecule has 144 valence electrons. The molecular formula is C19H23FN3O4+. The van der Waals surface area contributed by atoms with Gasteiger partial charge in [0, 0.05) is 11.1 Å². The number of nitrogens with one attached hydrogen (secondary N) is 1. The molecule has 4 rings (SSSR count). The number of hydrogen-bond acceptors (Lipinski definition) is 4. The summed E-state index contributed by atoms with van der Waals surface area (Å²) in [5.74, 6) is -3.68. The molecule has 7 nitrogen and oxygen atoms in total. The first-order valence-electron chi connectivity index (χ1n) is 9.03. The largest absolute Gasteiger partial charge is 0.387 e. The highest BCUT2D eigenvalue weighted by molar-refractivity contribution is 6.14. The molecule has 0 unspecified atom stereocenters. The van der Waals surface area contributed by atoms with Crippen LogP contribution >= 0.6 is 0 Å². The second kappa shape index (κ2) is 5.36.